The van der Waals surface area contributed by atoms with Gasteiger partial charge >= 0.3 is 18.9 Å². The first kappa shape index (κ1) is 10.7. The van der Waals surface area contributed by atoms with E-state index < -0.39 is 0 Å². The molecule has 0 unspecified atom stereocenters. The number of aromatic nitrogens is 1. The number of rotatable bonds is 1. The summed E-state index contributed by atoms with van der Waals surface area (Å²) >= 11 is 0. The third-order valence-electron chi connectivity index (χ3n) is 2.95. The summed E-state index contributed by atoms with van der Waals surface area (Å²) in [5, 5.41) is 1.30. The van der Waals surface area contributed by atoms with Gasteiger partial charge in [0.25, 0.3) is 0 Å². The third kappa shape index (κ3) is 1.80. The molecule has 3 heteroatoms. The van der Waals surface area contributed by atoms with Crippen molar-refractivity contribution in [3.05, 3.63) is 30.5 Å². The minimum Gasteiger partial charge on any atom is -0.662 e. The van der Waals surface area contributed by atoms with Crippen LogP contribution in [-0.2, 0) is 0 Å². The van der Waals surface area contributed by atoms with Gasteiger partial charge in [0.2, 0.25) is 0 Å². The number of anilines is 1. The summed E-state index contributed by atoms with van der Waals surface area (Å²) in [6.07, 6.45) is 4.65. The number of hydrogen-bond donors (Lipinski definition) is 0. The molecule has 2 nitrogen and oxygen atoms in total. The van der Waals surface area contributed by atoms with Crippen LogP contribution < -0.4 is 28.7 Å². The van der Waals surface area contributed by atoms with Gasteiger partial charge in [0, 0.05) is 18.8 Å². The first-order valence-electron chi connectivity index (χ1n) is 5.20. The Morgan fingerprint density at radius 1 is 1.07 bits per heavy atom. The molecule has 0 aliphatic carbocycles. The van der Waals surface area contributed by atoms with Crippen molar-refractivity contribution in [1.29, 1.82) is 0 Å². The van der Waals surface area contributed by atoms with Crippen molar-refractivity contribution < 1.29 is 18.9 Å². The number of nitrogens with zero attached hydrogens (tertiary/aromatic N) is 2. The molecule has 1 aromatic carbocycles. The quantitative estimate of drug-likeness (QED) is 0.561. The summed E-state index contributed by atoms with van der Waals surface area (Å²) in [4.78, 5) is 6.86. The van der Waals surface area contributed by atoms with E-state index in [9.17, 15) is 0 Å². The number of para-hydroxylation sites is 1. The Bertz CT molecular complexity index is 444. The molecule has 0 spiro atoms. The van der Waals surface area contributed by atoms with Crippen LogP contribution in [0.4, 0.5) is 5.69 Å². The Morgan fingerprint density at radius 2 is 1.80 bits per heavy atom. The molecule has 0 N–H and O–H groups in total. The zero-order chi connectivity index (χ0) is 9.38. The Morgan fingerprint density at radius 3 is 2.60 bits per heavy atom. The van der Waals surface area contributed by atoms with Gasteiger partial charge in [-0.25, -0.2) is 0 Å². The Hall–Kier alpha value is -0.843. The second kappa shape index (κ2) is 4.34. The van der Waals surface area contributed by atoms with Crippen LogP contribution in [0.25, 0.3) is 10.9 Å². The van der Waals surface area contributed by atoms with Crippen molar-refractivity contribution >= 4 is 16.6 Å². The van der Waals surface area contributed by atoms with E-state index in [4.69, 9.17) is 0 Å². The second-order valence-corrected chi connectivity index (χ2v) is 3.85. The molecular formula is C12H13LiN2. The van der Waals surface area contributed by atoms with Crippen LogP contribution in [0.3, 0.4) is 0 Å². The van der Waals surface area contributed by atoms with Crippen LogP contribution in [0.5, 0.6) is 0 Å². The average Bonchev–Trinajstić information content (AvgIpc) is 2.85. The van der Waals surface area contributed by atoms with Crippen LogP contribution >= 0.6 is 0 Å². The molecule has 0 saturated carbocycles. The predicted octanol–water partition coefficient (Wildman–Crippen LogP) is -0.599. The maximum absolute atomic E-state index is 4.42. The minimum atomic E-state index is 0. The van der Waals surface area contributed by atoms with Crippen LogP contribution in [-0.4, -0.2) is 13.1 Å². The summed E-state index contributed by atoms with van der Waals surface area (Å²) in [5.41, 5.74) is 2.44. The smallest absolute Gasteiger partial charge is 0.662 e. The van der Waals surface area contributed by atoms with Crippen molar-refractivity contribution in [1.82, 2.24) is 4.98 Å². The van der Waals surface area contributed by atoms with Gasteiger partial charge in [-0.1, -0.05) is 24.3 Å². The molecule has 72 valence electrons. The van der Waals surface area contributed by atoms with Crippen LogP contribution in [0, 0.1) is 0 Å². The molecule has 15 heavy (non-hydrogen) atoms. The molecule has 1 aliphatic rings. The van der Waals surface area contributed by atoms with Crippen molar-refractivity contribution in [2.75, 3.05) is 18.0 Å². The molecule has 0 amide bonds. The van der Waals surface area contributed by atoms with E-state index in [0.29, 0.717) is 0 Å². The maximum atomic E-state index is 4.42. The van der Waals surface area contributed by atoms with Crippen LogP contribution in [0.1, 0.15) is 12.8 Å². The topological polar surface area (TPSA) is 17.3 Å². The van der Waals surface area contributed by atoms with Gasteiger partial charge in [0.1, 0.15) is 0 Å². The van der Waals surface area contributed by atoms with Gasteiger partial charge in [0.15, 0.2) is 0 Å². The molecule has 1 fully saturated rings. The Kier molecular flexibility index (Phi) is 3.09. The Balaban J connectivity index is 0.000000853. The van der Waals surface area contributed by atoms with E-state index in [1.54, 1.807) is 0 Å². The summed E-state index contributed by atoms with van der Waals surface area (Å²) in [6.45, 7) is 2.38. The number of hydrogen-bond acceptors (Lipinski definition) is 1. The van der Waals surface area contributed by atoms with Gasteiger partial charge in [0.05, 0.1) is 0 Å². The average molecular weight is 192 g/mol. The van der Waals surface area contributed by atoms with E-state index in [1.807, 2.05) is 12.3 Å². The fourth-order valence-corrected chi connectivity index (χ4v) is 2.21. The van der Waals surface area contributed by atoms with E-state index in [2.05, 4.69) is 28.1 Å². The van der Waals surface area contributed by atoms with E-state index >= 15 is 0 Å². The fourth-order valence-electron chi connectivity index (χ4n) is 2.21. The molecule has 2 heterocycles. The molecule has 0 bridgehead atoms. The van der Waals surface area contributed by atoms with E-state index in [0.717, 1.165) is 5.52 Å². The summed E-state index contributed by atoms with van der Waals surface area (Å²) in [7, 11) is 0. The van der Waals surface area contributed by atoms with Crippen molar-refractivity contribution in [2.45, 2.75) is 12.8 Å². The summed E-state index contributed by atoms with van der Waals surface area (Å²) in [5.74, 6) is 0. The number of fused-ring (bicyclic) bond motifs is 1. The first-order chi connectivity index (χ1) is 6.95. The molecule has 3 rings (SSSR count). The first-order valence-corrected chi connectivity index (χ1v) is 5.20. The molecule has 0 radical (unpaired) electrons. The van der Waals surface area contributed by atoms with Crippen LogP contribution in [0.2, 0.25) is 0 Å². The van der Waals surface area contributed by atoms with Gasteiger partial charge < -0.3 is 9.88 Å². The Labute approximate surface area is 102 Å². The molecule has 1 saturated heterocycles. The molecule has 1 aromatic heterocycles. The maximum Gasteiger partial charge on any atom is 1.00 e. The standard InChI is InChI=1S/C12H13N2.Li/c1-2-6-11-10(5-1)12(9-13-11)14-7-3-4-8-14;/h1-2,5-6,9H,3-4,7-8H2;/q-1;+1. The van der Waals surface area contributed by atoms with E-state index in [1.165, 1.54) is 37.0 Å². The molecule has 2 aromatic rings. The largest absolute Gasteiger partial charge is 1.00 e. The molecular weight excluding hydrogens is 179 g/mol. The summed E-state index contributed by atoms with van der Waals surface area (Å²) in [6, 6.07) is 8.37. The monoisotopic (exact) mass is 192 g/mol. The SMILES string of the molecule is [Li+].c1ccc2c(N3CCCC3)c[n-]c2c1. The van der Waals surface area contributed by atoms with Gasteiger partial charge in [-0.15, -0.1) is 5.52 Å². The van der Waals surface area contributed by atoms with Gasteiger partial charge in [-0.2, -0.15) is 6.20 Å². The van der Waals surface area contributed by atoms with Crippen LogP contribution in [0.15, 0.2) is 30.5 Å². The number of benzene rings is 1. The summed E-state index contributed by atoms with van der Waals surface area (Å²) < 4.78 is 0. The van der Waals surface area contributed by atoms with Crippen molar-refractivity contribution in [3.8, 4) is 0 Å². The van der Waals surface area contributed by atoms with Crippen molar-refractivity contribution in [3.63, 3.8) is 0 Å². The van der Waals surface area contributed by atoms with Gasteiger partial charge in [-0.3, -0.25) is 0 Å². The predicted molar refractivity (Wildman–Crippen MR) is 58.7 cm³/mol. The zero-order valence-corrected chi connectivity index (χ0v) is 9.11. The molecule has 1 aliphatic heterocycles. The van der Waals surface area contributed by atoms with E-state index in [-0.39, 0.29) is 18.9 Å². The fraction of sp³-hybridized carbons (Fsp3) is 0.333. The molecule has 0 atom stereocenters. The van der Waals surface area contributed by atoms with Crippen molar-refractivity contribution in [2.24, 2.45) is 0 Å². The minimum absolute atomic E-state index is 0. The van der Waals surface area contributed by atoms with Gasteiger partial charge in [-0.05, 0) is 18.2 Å². The third-order valence-corrected chi connectivity index (χ3v) is 2.95. The second-order valence-electron chi connectivity index (χ2n) is 3.85. The normalized spacial score (nSPS) is 15.6. The zero-order valence-electron chi connectivity index (χ0n) is 9.11.